The Balaban J connectivity index is 2.13. The summed E-state index contributed by atoms with van der Waals surface area (Å²) in [5.41, 5.74) is 4.94. The number of alkyl halides is 1. The van der Waals surface area contributed by atoms with Gasteiger partial charge in [0.2, 0.25) is 0 Å². The average molecular weight is 371 g/mol. The molecule has 1 aromatic heterocycles. The molecule has 0 bridgehead atoms. The first-order valence-electron chi connectivity index (χ1n) is 7.85. The fourth-order valence-corrected chi connectivity index (χ4v) is 3.33. The van der Waals surface area contributed by atoms with E-state index >= 15 is 0 Å². The number of carbonyl (C=O) groups excluding carboxylic acids is 1. The molecule has 118 valence electrons. The minimum Gasteiger partial charge on any atom is -0.461 e. The van der Waals surface area contributed by atoms with E-state index in [1.54, 1.807) is 0 Å². The molecule has 0 N–H and O–H groups in total. The Morgan fingerprint density at radius 1 is 1.13 bits per heavy atom. The predicted octanol–water partition coefficient (Wildman–Crippen LogP) is 5.94. The zero-order chi connectivity index (χ0) is 16.4. The number of ketones is 1. The van der Waals surface area contributed by atoms with E-state index in [-0.39, 0.29) is 5.78 Å². The fraction of sp³-hybridized carbons (Fsp3) is 0.250. The van der Waals surface area contributed by atoms with Crippen LogP contribution in [0.25, 0.3) is 22.1 Å². The summed E-state index contributed by atoms with van der Waals surface area (Å²) >= 11 is 3.47. The molecule has 0 unspecified atom stereocenters. The third-order valence-electron chi connectivity index (χ3n) is 4.08. The first-order valence-corrected chi connectivity index (χ1v) is 8.97. The summed E-state index contributed by atoms with van der Waals surface area (Å²) in [7, 11) is 0. The van der Waals surface area contributed by atoms with E-state index in [1.165, 1.54) is 5.56 Å². The lowest BCUT2D eigenvalue weighted by Crippen LogP contribution is -1.97. The van der Waals surface area contributed by atoms with Crippen LogP contribution in [-0.4, -0.2) is 11.1 Å². The van der Waals surface area contributed by atoms with Gasteiger partial charge in [0.15, 0.2) is 5.78 Å². The molecule has 23 heavy (non-hydrogen) atoms. The number of hydrogen-bond donors (Lipinski definition) is 0. The van der Waals surface area contributed by atoms with Gasteiger partial charge < -0.3 is 4.42 Å². The van der Waals surface area contributed by atoms with Crippen LogP contribution in [0.5, 0.6) is 0 Å². The number of carbonyl (C=O) groups is 1. The predicted molar refractivity (Wildman–Crippen MR) is 98.5 cm³/mol. The Hall–Kier alpha value is -1.87. The second kappa shape index (κ2) is 6.71. The van der Waals surface area contributed by atoms with Crippen molar-refractivity contribution in [3.05, 3.63) is 59.4 Å². The van der Waals surface area contributed by atoms with Crippen LogP contribution >= 0.6 is 15.9 Å². The Morgan fingerprint density at radius 2 is 1.87 bits per heavy atom. The van der Waals surface area contributed by atoms with Crippen LogP contribution in [-0.2, 0) is 6.42 Å². The molecule has 1 heterocycles. The highest BCUT2D eigenvalue weighted by Crippen LogP contribution is 2.33. The number of rotatable bonds is 5. The fourth-order valence-electron chi connectivity index (χ4n) is 2.87. The molecule has 0 saturated heterocycles. The molecule has 3 heteroatoms. The van der Waals surface area contributed by atoms with Crippen molar-refractivity contribution >= 4 is 32.7 Å². The van der Waals surface area contributed by atoms with Gasteiger partial charge >= 0.3 is 0 Å². The van der Waals surface area contributed by atoms with Crippen molar-refractivity contribution in [1.29, 1.82) is 0 Å². The van der Waals surface area contributed by atoms with Crippen molar-refractivity contribution in [3.8, 4) is 11.1 Å². The van der Waals surface area contributed by atoms with Crippen LogP contribution in [0.3, 0.4) is 0 Å². The third-order valence-corrected chi connectivity index (χ3v) is 4.47. The van der Waals surface area contributed by atoms with Crippen molar-refractivity contribution in [3.63, 3.8) is 0 Å². The normalized spacial score (nSPS) is 11.1. The highest BCUT2D eigenvalue weighted by molar-refractivity contribution is 9.09. The van der Waals surface area contributed by atoms with Gasteiger partial charge in [-0.05, 0) is 42.2 Å². The molecule has 0 aliphatic rings. The summed E-state index contributed by atoms with van der Waals surface area (Å²) in [5.74, 6) is 0.942. The topological polar surface area (TPSA) is 30.2 Å². The zero-order valence-corrected chi connectivity index (χ0v) is 14.9. The maximum absolute atomic E-state index is 12.1. The van der Waals surface area contributed by atoms with E-state index in [9.17, 15) is 4.79 Å². The number of furan rings is 1. The Kier molecular flexibility index (Phi) is 4.67. The van der Waals surface area contributed by atoms with Crippen molar-refractivity contribution in [1.82, 2.24) is 0 Å². The molecule has 3 rings (SSSR count). The van der Waals surface area contributed by atoms with Gasteiger partial charge in [-0.3, -0.25) is 4.79 Å². The quantitative estimate of drug-likeness (QED) is 0.411. The molecular weight excluding hydrogens is 352 g/mol. The molecule has 2 nitrogen and oxygen atoms in total. The molecule has 3 aromatic rings. The molecule has 0 spiro atoms. The first kappa shape index (κ1) is 16.0. The molecule has 0 radical (unpaired) electrons. The molecule has 2 aromatic carbocycles. The van der Waals surface area contributed by atoms with E-state index < -0.39 is 0 Å². The standard InChI is InChI=1S/C20H19BrO2/c1-3-19(22)17-9-8-16(18-12-13(2)23-20(17)18)15-6-4-14(5-7-15)10-11-21/h4-9,12H,3,10-11H2,1-2H3. The molecule has 0 aliphatic carbocycles. The van der Waals surface area contributed by atoms with Gasteiger partial charge in [-0.2, -0.15) is 0 Å². The molecule has 0 amide bonds. The number of halogens is 1. The van der Waals surface area contributed by atoms with Crippen molar-refractivity contribution < 1.29 is 9.21 Å². The SMILES string of the molecule is CCC(=O)c1ccc(-c2ccc(CCBr)cc2)c2cc(C)oc12. The van der Waals surface area contributed by atoms with Gasteiger partial charge in [0.25, 0.3) is 0 Å². The summed E-state index contributed by atoms with van der Waals surface area (Å²) in [6.45, 7) is 3.80. The second-order valence-electron chi connectivity index (χ2n) is 5.67. The van der Waals surface area contributed by atoms with Crippen LogP contribution in [0.15, 0.2) is 46.9 Å². The van der Waals surface area contributed by atoms with Gasteiger partial charge in [0.1, 0.15) is 11.3 Å². The van der Waals surface area contributed by atoms with Gasteiger partial charge in [-0.25, -0.2) is 0 Å². The van der Waals surface area contributed by atoms with Gasteiger partial charge in [0, 0.05) is 17.1 Å². The van der Waals surface area contributed by atoms with E-state index in [0.29, 0.717) is 17.6 Å². The maximum Gasteiger partial charge on any atom is 0.166 e. The van der Waals surface area contributed by atoms with Crippen molar-refractivity contribution in [2.45, 2.75) is 26.7 Å². The highest BCUT2D eigenvalue weighted by Gasteiger charge is 2.16. The summed E-state index contributed by atoms with van der Waals surface area (Å²) in [6.07, 6.45) is 1.50. The number of hydrogen-bond acceptors (Lipinski definition) is 2. The summed E-state index contributed by atoms with van der Waals surface area (Å²) < 4.78 is 5.82. The summed E-state index contributed by atoms with van der Waals surface area (Å²) in [4.78, 5) is 12.1. The Morgan fingerprint density at radius 3 is 2.52 bits per heavy atom. The smallest absolute Gasteiger partial charge is 0.166 e. The summed E-state index contributed by atoms with van der Waals surface area (Å²) in [6, 6.07) is 14.5. The van der Waals surface area contributed by atoms with E-state index in [0.717, 1.165) is 34.0 Å². The first-order chi connectivity index (χ1) is 11.1. The monoisotopic (exact) mass is 370 g/mol. The van der Waals surface area contributed by atoms with Crippen LogP contribution in [0.2, 0.25) is 0 Å². The Labute approximate surface area is 144 Å². The van der Waals surface area contributed by atoms with E-state index in [1.807, 2.05) is 32.0 Å². The molecule has 0 atom stereocenters. The van der Waals surface area contributed by atoms with Gasteiger partial charge in [-0.1, -0.05) is 53.2 Å². The third kappa shape index (κ3) is 3.11. The van der Waals surface area contributed by atoms with Crippen LogP contribution < -0.4 is 0 Å². The Bertz CT molecular complexity index is 844. The van der Waals surface area contributed by atoms with E-state index in [2.05, 4.69) is 40.2 Å². The highest BCUT2D eigenvalue weighted by atomic mass is 79.9. The lowest BCUT2D eigenvalue weighted by atomic mass is 9.96. The number of benzene rings is 2. The van der Waals surface area contributed by atoms with Crippen LogP contribution in [0, 0.1) is 6.92 Å². The number of Topliss-reactive ketones (excluding diaryl/α,β-unsaturated/α-hetero) is 1. The van der Waals surface area contributed by atoms with Crippen LogP contribution in [0.1, 0.15) is 35.0 Å². The lowest BCUT2D eigenvalue weighted by molar-refractivity contribution is 0.0989. The average Bonchev–Trinajstić information content (AvgIpc) is 2.95. The molecule has 0 fully saturated rings. The number of aryl methyl sites for hydroxylation is 2. The van der Waals surface area contributed by atoms with Crippen molar-refractivity contribution in [2.75, 3.05) is 5.33 Å². The molecule has 0 saturated carbocycles. The molecular formula is C20H19BrO2. The summed E-state index contributed by atoms with van der Waals surface area (Å²) in [5, 5.41) is 1.97. The minimum absolute atomic E-state index is 0.114. The van der Waals surface area contributed by atoms with Gasteiger partial charge in [-0.15, -0.1) is 0 Å². The van der Waals surface area contributed by atoms with E-state index in [4.69, 9.17) is 4.42 Å². The maximum atomic E-state index is 12.1. The second-order valence-corrected chi connectivity index (χ2v) is 6.47. The van der Waals surface area contributed by atoms with Gasteiger partial charge in [0.05, 0.1) is 5.56 Å². The zero-order valence-electron chi connectivity index (χ0n) is 13.4. The lowest BCUT2D eigenvalue weighted by Gasteiger charge is -2.07. The largest absolute Gasteiger partial charge is 0.461 e. The van der Waals surface area contributed by atoms with Crippen LogP contribution in [0.4, 0.5) is 0 Å². The van der Waals surface area contributed by atoms with Crippen molar-refractivity contribution in [2.24, 2.45) is 0 Å². The molecule has 0 aliphatic heterocycles. The number of fused-ring (bicyclic) bond motifs is 1. The minimum atomic E-state index is 0.114.